The molecule has 1 aliphatic carbocycles. The van der Waals surface area contributed by atoms with Crippen LogP contribution < -0.4 is 10.6 Å². The Balaban J connectivity index is 1.80. The quantitative estimate of drug-likeness (QED) is 0.873. The number of aryl methyl sites for hydroxylation is 1. The van der Waals surface area contributed by atoms with Crippen LogP contribution in [0.15, 0.2) is 24.3 Å². The molecule has 2 N–H and O–H groups in total. The lowest BCUT2D eigenvalue weighted by molar-refractivity contribution is -0.120. The zero-order chi connectivity index (χ0) is 13.7. The Bertz CT molecular complexity index is 431. The summed E-state index contributed by atoms with van der Waals surface area (Å²) < 4.78 is 0. The van der Waals surface area contributed by atoms with E-state index in [0.29, 0.717) is 18.5 Å². The predicted octanol–water partition coefficient (Wildman–Crippen LogP) is 3.10. The molecule has 0 unspecified atom stereocenters. The first-order chi connectivity index (χ1) is 9.16. The fourth-order valence-corrected chi connectivity index (χ4v) is 2.74. The maximum atomic E-state index is 12.0. The lowest BCUT2D eigenvalue weighted by Gasteiger charge is -2.29. The van der Waals surface area contributed by atoms with Crippen molar-refractivity contribution in [2.24, 2.45) is 5.92 Å². The minimum absolute atomic E-state index is 0.0991. The fourth-order valence-electron chi connectivity index (χ4n) is 2.74. The molecule has 0 aliphatic heterocycles. The molecule has 1 aliphatic rings. The SMILES string of the molecule is Cc1ccccc1NCC(=O)N[C@H]1CCCC[C@@H]1C. The average Bonchev–Trinajstić information content (AvgIpc) is 2.40. The maximum Gasteiger partial charge on any atom is 0.239 e. The van der Waals surface area contributed by atoms with E-state index in [1.54, 1.807) is 0 Å². The lowest BCUT2D eigenvalue weighted by atomic mass is 9.86. The first-order valence-corrected chi connectivity index (χ1v) is 7.25. The van der Waals surface area contributed by atoms with Crippen LogP contribution in [0.4, 0.5) is 5.69 Å². The van der Waals surface area contributed by atoms with E-state index in [1.807, 2.05) is 31.2 Å². The number of carbonyl (C=O) groups excluding carboxylic acids is 1. The molecule has 3 nitrogen and oxygen atoms in total. The van der Waals surface area contributed by atoms with Crippen LogP contribution in [0.25, 0.3) is 0 Å². The van der Waals surface area contributed by atoms with Gasteiger partial charge in [0.2, 0.25) is 5.91 Å². The van der Waals surface area contributed by atoms with Gasteiger partial charge in [0.25, 0.3) is 0 Å². The van der Waals surface area contributed by atoms with Crippen molar-refractivity contribution >= 4 is 11.6 Å². The summed E-state index contributed by atoms with van der Waals surface area (Å²) in [6, 6.07) is 8.40. The first-order valence-electron chi connectivity index (χ1n) is 7.25. The van der Waals surface area contributed by atoms with Gasteiger partial charge in [0.05, 0.1) is 6.54 Å². The molecule has 19 heavy (non-hydrogen) atoms. The fraction of sp³-hybridized carbons (Fsp3) is 0.562. The summed E-state index contributed by atoms with van der Waals surface area (Å²) >= 11 is 0. The molecule has 104 valence electrons. The molecule has 0 saturated heterocycles. The Hall–Kier alpha value is -1.51. The van der Waals surface area contributed by atoms with Gasteiger partial charge in [0.1, 0.15) is 0 Å². The highest BCUT2D eigenvalue weighted by Crippen LogP contribution is 2.23. The summed E-state index contributed by atoms with van der Waals surface area (Å²) in [5, 5.41) is 6.36. The first kappa shape index (κ1) is 13.9. The van der Waals surface area contributed by atoms with E-state index in [-0.39, 0.29) is 5.91 Å². The van der Waals surface area contributed by atoms with Crippen molar-refractivity contribution < 1.29 is 4.79 Å². The molecule has 3 heteroatoms. The molecule has 1 saturated carbocycles. The Morgan fingerprint density at radius 1 is 1.26 bits per heavy atom. The van der Waals surface area contributed by atoms with Gasteiger partial charge in [-0.2, -0.15) is 0 Å². The summed E-state index contributed by atoms with van der Waals surface area (Å²) in [7, 11) is 0. The molecule has 1 aromatic carbocycles. The Morgan fingerprint density at radius 3 is 2.74 bits per heavy atom. The average molecular weight is 260 g/mol. The van der Waals surface area contributed by atoms with Crippen LogP contribution in [0.2, 0.25) is 0 Å². The molecular formula is C16H24N2O. The van der Waals surface area contributed by atoms with Gasteiger partial charge >= 0.3 is 0 Å². The van der Waals surface area contributed by atoms with Crippen LogP contribution in [0.1, 0.15) is 38.2 Å². The number of carbonyl (C=O) groups is 1. The van der Waals surface area contributed by atoms with Gasteiger partial charge < -0.3 is 10.6 Å². The number of hydrogen-bond acceptors (Lipinski definition) is 2. The van der Waals surface area contributed by atoms with Crippen LogP contribution in [-0.4, -0.2) is 18.5 Å². The van der Waals surface area contributed by atoms with E-state index in [4.69, 9.17) is 0 Å². The molecule has 2 rings (SSSR count). The monoisotopic (exact) mass is 260 g/mol. The van der Waals surface area contributed by atoms with Crippen molar-refractivity contribution in [1.82, 2.24) is 5.32 Å². The molecule has 0 heterocycles. The number of rotatable bonds is 4. The Labute approximate surface area is 115 Å². The van der Waals surface area contributed by atoms with E-state index in [0.717, 1.165) is 12.1 Å². The zero-order valence-electron chi connectivity index (χ0n) is 11.9. The number of hydrogen-bond donors (Lipinski definition) is 2. The van der Waals surface area contributed by atoms with Crippen molar-refractivity contribution in [3.63, 3.8) is 0 Å². The standard InChI is InChI=1S/C16H24N2O/c1-12-7-3-5-9-14(12)17-11-16(19)18-15-10-6-4-8-13(15)2/h3,5,7,9,13,15,17H,4,6,8,10-11H2,1-2H3,(H,18,19)/t13-,15-/m0/s1. The van der Waals surface area contributed by atoms with Gasteiger partial charge in [-0.25, -0.2) is 0 Å². The number of amides is 1. The molecule has 2 atom stereocenters. The minimum atomic E-state index is 0.0991. The Kier molecular flexibility index (Phi) is 4.83. The topological polar surface area (TPSA) is 41.1 Å². The number of para-hydroxylation sites is 1. The number of nitrogens with one attached hydrogen (secondary N) is 2. The largest absolute Gasteiger partial charge is 0.376 e. The molecule has 1 aromatic rings. The van der Waals surface area contributed by atoms with E-state index < -0.39 is 0 Å². The zero-order valence-corrected chi connectivity index (χ0v) is 11.9. The van der Waals surface area contributed by atoms with Crippen LogP contribution in [0, 0.1) is 12.8 Å². The third-order valence-electron chi connectivity index (χ3n) is 4.04. The summed E-state index contributed by atoms with van der Waals surface area (Å²) in [5.41, 5.74) is 2.20. The van der Waals surface area contributed by atoms with E-state index in [9.17, 15) is 4.79 Å². The molecule has 0 spiro atoms. The third kappa shape index (κ3) is 3.98. The second kappa shape index (κ2) is 6.60. The van der Waals surface area contributed by atoms with Gasteiger partial charge in [0, 0.05) is 11.7 Å². The van der Waals surface area contributed by atoms with Gasteiger partial charge in [-0.3, -0.25) is 4.79 Å². The van der Waals surface area contributed by atoms with Crippen molar-refractivity contribution in [3.05, 3.63) is 29.8 Å². The Morgan fingerprint density at radius 2 is 2.00 bits per heavy atom. The third-order valence-corrected chi connectivity index (χ3v) is 4.04. The van der Waals surface area contributed by atoms with Crippen LogP contribution in [0.5, 0.6) is 0 Å². The van der Waals surface area contributed by atoms with Gasteiger partial charge in [-0.05, 0) is 37.3 Å². The van der Waals surface area contributed by atoms with Crippen LogP contribution >= 0.6 is 0 Å². The van der Waals surface area contributed by atoms with Crippen molar-refractivity contribution in [2.75, 3.05) is 11.9 Å². The normalized spacial score (nSPS) is 22.8. The summed E-state index contributed by atoms with van der Waals surface area (Å²) in [4.78, 5) is 12.0. The second-order valence-corrected chi connectivity index (χ2v) is 5.60. The number of benzene rings is 1. The summed E-state index contributed by atoms with van der Waals surface area (Å²) in [6.45, 7) is 4.64. The molecule has 0 aromatic heterocycles. The van der Waals surface area contributed by atoms with E-state index in [2.05, 4.69) is 17.6 Å². The highest BCUT2D eigenvalue weighted by molar-refractivity contribution is 5.81. The minimum Gasteiger partial charge on any atom is -0.376 e. The van der Waals surface area contributed by atoms with Crippen molar-refractivity contribution in [2.45, 2.75) is 45.6 Å². The predicted molar refractivity (Wildman–Crippen MR) is 79.2 cm³/mol. The summed E-state index contributed by atoms with van der Waals surface area (Å²) in [6.07, 6.45) is 4.89. The molecule has 1 fully saturated rings. The van der Waals surface area contributed by atoms with Crippen LogP contribution in [-0.2, 0) is 4.79 Å². The molecule has 1 amide bonds. The molecular weight excluding hydrogens is 236 g/mol. The maximum absolute atomic E-state index is 12.0. The van der Waals surface area contributed by atoms with E-state index >= 15 is 0 Å². The van der Waals surface area contributed by atoms with E-state index in [1.165, 1.54) is 24.8 Å². The highest BCUT2D eigenvalue weighted by Gasteiger charge is 2.22. The summed E-state index contributed by atoms with van der Waals surface area (Å²) in [5.74, 6) is 0.707. The van der Waals surface area contributed by atoms with Crippen molar-refractivity contribution in [1.29, 1.82) is 0 Å². The molecule has 0 radical (unpaired) electrons. The second-order valence-electron chi connectivity index (χ2n) is 5.60. The van der Waals surface area contributed by atoms with Gasteiger partial charge in [0.15, 0.2) is 0 Å². The number of anilines is 1. The van der Waals surface area contributed by atoms with Crippen molar-refractivity contribution in [3.8, 4) is 0 Å². The smallest absolute Gasteiger partial charge is 0.239 e. The van der Waals surface area contributed by atoms with Crippen LogP contribution in [0.3, 0.4) is 0 Å². The van der Waals surface area contributed by atoms with Gasteiger partial charge in [-0.1, -0.05) is 38.0 Å². The molecule has 0 bridgehead atoms. The highest BCUT2D eigenvalue weighted by atomic mass is 16.1. The lowest BCUT2D eigenvalue weighted by Crippen LogP contribution is -2.43. The van der Waals surface area contributed by atoms with Gasteiger partial charge in [-0.15, -0.1) is 0 Å².